The first-order valence-corrected chi connectivity index (χ1v) is 8.75. The Labute approximate surface area is 143 Å². The molecule has 0 spiro atoms. The highest BCUT2D eigenvalue weighted by molar-refractivity contribution is 7.07. The van der Waals surface area contributed by atoms with E-state index in [0.29, 0.717) is 38.6 Å². The zero-order chi connectivity index (χ0) is 16.8. The van der Waals surface area contributed by atoms with E-state index in [1.54, 1.807) is 17.1 Å². The fourth-order valence-electron chi connectivity index (χ4n) is 2.48. The van der Waals surface area contributed by atoms with E-state index >= 15 is 0 Å². The standard InChI is InChI=1S/C14H20N6O3S/c1-10-17-18-19-20(10)4-2-14(21)16-12-3-5-22-7-13(12)23-6-11-8-24-9-15-11/h8-9,12-13H,2-7H2,1H3,(H,16,21)/t12-,13-/m1/s1. The topological polar surface area (TPSA) is 104 Å². The van der Waals surface area contributed by atoms with Crippen molar-refractivity contribution in [1.82, 2.24) is 30.5 Å². The molecule has 1 aliphatic heterocycles. The Morgan fingerprint density at radius 3 is 3.25 bits per heavy atom. The van der Waals surface area contributed by atoms with Gasteiger partial charge in [-0.25, -0.2) is 9.67 Å². The average Bonchev–Trinajstić information content (AvgIpc) is 3.24. The van der Waals surface area contributed by atoms with Crippen LogP contribution in [0.1, 0.15) is 24.4 Å². The van der Waals surface area contributed by atoms with Gasteiger partial charge in [-0.1, -0.05) is 0 Å². The number of ether oxygens (including phenoxy) is 2. The summed E-state index contributed by atoms with van der Waals surface area (Å²) in [7, 11) is 0. The number of thiazole rings is 1. The van der Waals surface area contributed by atoms with E-state index in [9.17, 15) is 4.79 Å². The van der Waals surface area contributed by atoms with E-state index in [0.717, 1.165) is 12.1 Å². The van der Waals surface area contributed by atoms with Gasteiger partial charge in [-0.3, -0.25) is 4.79 Å². The minimum Gasteiger partial charge on any atom is -0.379 e. The van der Waals surface area contributed by atoms with Crippen molar-refractivity contribution < 1.29 is 14.3 Å². The maximum absolute atomic E-state index is 12.2. The zero-order valence-electron chi connectivity index (χ0n) is 13.4. The number of hydrogen-bond donors (Lipinski definition) is 1. The van der Waals surface area contributed by atoms with Gasteiger partial charge in [0.15, 0.2) is 0 Å². The number of carbonyl (C=O) groups is 1. The Balaban J connectivity index is 1.47. The summed E-state index contributed by atoms with van der Waals surface area (Å²) in [4.78, 5) is 16.4. The van der Waals surface area contributed by atoms with Crippen LogP contribution in [0.4, 0.5) is 0 Å². The van der Waals surface area contributed by atoms with E-state index in [1.165, 1.54) is 11.3 Å². The second-order valence-corrected chi connectivity index (χ2v) is 6.28. The SMILES string of the molecule is Cc1nnnn1CCC(=O)N[C@@H]1CCOC[C@H]1OCc1cscn1. The van der Waals surface area contributed by atoms with Gasteiger partial charge in [0.05, 0.1) is 37.0 Å². The number of tetrazole rings is 1. The van der Waals surface area contributed by atoms with Gasteiger partial charge < -0.3 is 14.8 Å². The second-order valence-electron chi connectivity index (χ2n) is 5.57. The molecule has 2 aromatic rings. The van der Waals surface area contributed by atoms with Crippen LogP contribution in [0.15, 0.2) is 10.9 Å². The molecule has 3 heterocycles. The van der Waals surface area contributed by atoms with E-state index < -0.39 is 0 Å². The predicted molar refractivity (Wildman–Crippen MR) is 85.2 cm³/mol. The number of nitrogens with zero attached hydrogens (tertiary/aromatic N) is 5. The molecule has 0 radical (unpaired) electrons. The first-order chi connectivity index (χ1) is 11.7. The zero-order valence-corrected chi connectivity index (χ0v) is 14.2. The maximum atomic E-state index is 12.2. The molecular formula is C14H20N6O3S. The van der Waals surface area contributed by atoms with Crippen LogP contribution in [0.3, 0.4) is 0 Å². The second kappa shape index (κ2) is 8.27. The Morgan fingerprint density at radius 2 is 2.50 bits per heavy atom. The largest absolute Gasteiger partial charge is 0.379 e. The van der Waals surface area contributed by atoms with Crippen LogP contribution >= 0.6 is 11.3 Å². The molecule has 1 fully saturated rings. The minimum atomic E-state index is -0.167. The lowest BCUT2D eigenvalue weighted by Gasteiger charge is -2.32. The first-order valence-electron chi connectivity index (χ1n) is 7.81. The quantitative estimate of drug-likeness (QED) is 0.765. The predicted octanol–water partition coefficient (Wildman–Crippen LogP) is 0.319. The molecule has 10 heteroatoms. The monoisotopic (exact) mass is 352 g/mol. The number of amides is 1. The summed E-state index contributed by atoms with van der Waals surface area (Å²) in [6, 6.07) is -0.0557. The summed E-state index contributed by atoms with van der Waals surface area (Å²) in [6.07, 6.45) is 0.888. The molecule has 0 aromatic carbocycles. The van der Waals surface area contributed by atoms with Crippen LogP contribution < -0.4 is 5.32 Å². The fourth-order valence-corrected chi connectivity index (χ4v) is 3.03. The van der Waals surface area contributed by atoms with Crippen LogP contribution in [-0.4, -0.2) is 56.5 Å². The molecule has 0 saturated carbocycles. The summed E-state index contributed by atoms with van der Waals surface area (Å²) in [5, 5.41) is 16.2. The molecule has 9 nitrogen and oxygen atoms in total. The number of aromatic nitrogens is 5. The summed E-state index contributed by atoms with van der Waals surface area (Å²) in [5.41, 5.74) is 2.67. The number of aryl methyl sites for hydroxylation is 2. The number of rotatable bonds is 7. The molecule has 0 unspecified atom stereocenters. The summed E-state index contributed by atoms with van der Waals surface area (Å²) >= 11 is 1.53. The van der Waals surface area contributed by atoms with E-state index in [-0.39, 0.29) is 18.1 Å². The number of carbonyl (C=O) groups excluding carboxylic acids is 1. The third-order valence-corrected chi connectivity index (χ3v) is 4.48. The van der Waals surface area contributed by atoms with Crippen LogP contribution in [0.5, 0.6) is 0 Å². The van der Waals surface area contributed by atoms with E-state index in [1.807, 2.05) is 5.38 Å². The highest BCUT2D eigenvalue weighted by Gasteiger charge is 2.28. The van der Waals surface area contributed by atoms with Crippen molar-refractivity contribution in [3.8, 4) is 0 Å². The highest BCUT2D eigenvalue weighted by atomic mass is 32.1. The molecule has 130 valence electrons. The van der Waals surface area contributed by atoms with Gasteiger partial charge in [0.2, 0.25) is 5.91 Å². The van der Waals surface area contributed by atoms with Crippen molar-refractivity contribution in [3.63, 3.8) is 0 Å². The third-order valence-electron chi connectivity index (χ3n) is 3.84. The number of nitrogens with one attached hydrogen (secondary N) is 1. The van der Waals surface area contributed by atoms with Gasteiger partial charge in [-0.15, -0.1) is 16.4 Å². The fraction of sp³-hybridized carbons (Fsp3) is 0.643. The van der Waals surface area contributed by atoms with Crippen molar-refractivity contribution >= 4 is 17.2 Å². The smallest absolute Gasteiger partial charge is 0.222 e. The van der Waals surface area contributed by atoms with Crippen molar-refractivity contribution in [2.75, 3.05) is 13.2 Å². The maximum Gasteiger partial charge on any atom is 0.222 e. The van der Waals surface area contributed by atoms with Crippen molar-refractivity contribution in [1.29, 1.82) is 0 Å². The van der Waals surface area contributed by atoms with E-state index in [2.05, 4.69) is 25.8 Å². The molecule has 1 saturated heterocycles. The van der Waals surface area contributed by atoms with Gasteiger partial charge in [-0.05, 0) is 23.8 Å². The Hall–Kier alpha value is -1.91. The Morgan fingerprint density at radius 1 is 1.58 bits per heavy atom. The molecule has 1 amide bonds. The van der Waals surface area contributed by atoms with E-state index in [4.69, 9.17) is 9.47 Å². The van der Waals surface area contributed by atoms with Crippen molar-refractivity contribution in [3.05, 3.63) is 22.4 Å². The van der Waals surface area contributed by atoms with Gasteiger partial charge in [-0.2, -0.15) is 0 Å². The van der Waals surface area contributed by atoms with Crippen LogP contribution in [0.25, 0.3) is 0 Å². The normalized spacial score (nSPS) is 20.9. The molecule has 0 bridgehead atoms. The van der Waals surface area contributed by atoms with Gasteiger partial charge in [0.1, 0.15) is 11.9 Å². The first kappa shape index (κ1) is 16.9. The molecule has 1 aliphatic rings. The third kappa shape index (κ3) is 4.56. The van der Waals surface area contributed by atoms with Crippen LogP contribution in [0.2, 0.25) is 0 Å². The highest BCUT2D eigenvalue weighted by Crippen LogP contribution is 2.14. The van der Waals surface area contributed by atoms with Crippen LogP contribution in [0, 0.1) is 6.92 Å². The average molecular weight is 352 g/mol. The molecule has 2 atom stereocenters. The van der Waals surface area contributed by atoms with Crippen molar-refractivity contribution in [2.45, 2.75) is 45.1 Å². The molecule has 24 heavy (non-hydrogen) atoms. The van der Waals surface area contributed by atoms with Gasteiger partial charge >= 0.3 is 0 Å². The summed E-state index contributed by atoms with van der Waals surface area (Å²) < 4.78 is 13.0. The molecule has 3 rings (SSSR count). The molecule has 2 aromatic heterocycles. The molecular weight excluding hydrogens is 332 g/mol. The molecule has 0 aliphatic carbocycles. The lowest BCUT2D eigenvalue weighted by atomic mass is 10.1. The lowest BCUT2D eigenvalue weighted by molar-refractivity contribution is -0.127. The summed E-state index contributed by atoms with van der Waals surface area (Å²) in [5.74, 6) is 0.650. The Kier molecular flexibility index (Phi) is 5.83. The van der Waals surface area contributed by atoms with Gasteiger partial charge in [0, 0.05) is 18.4 Å². The number of hydrogen-bond acceptors (Lipinski definition) is 8. The summed E-state index contributed by atoms with van der Waals surface area (Å²) in [6.45, 7) is 3.78. The Bertz CT molecular complexity index is 647. The van der Waals surface area contributed by atoms with Crippen molar-refractivity contribution in [2.24, 2.45) is 0 Å². The van der Waals surface area contributed by atoms with Gasteiger partial charge in [0.25, 0.3) is 0 Å². The lowest BCUT2D eigenvalue weighted by Crippen LogP contribution is -2.50. The van der Waals surface area contributed by atoms with Crippen LogP contribution in [-0.2, 0) is 27.4 Å². The minimum absolute atomic E-state index is 0.0425. The molecule has 1 N–H and O–H groups in total.